The first-order chi connectivity index (χ1) is 9.24. The molecule has 4 aliphatic rings. The van der Waals surface area contributed by atoms with Gasteiger partial charge in [-0.2, -0.15) is 0 Å². The summed E-state index contributed by atoms with van der Waals surface area (Å²) in [6.45, 7) is 3.18. The van der Waals surface area contributed by atoms with Gasteiger partial charge in [0.25, 0.3) is 0 Å². The Morgan fingerprint density at radius 3 is 2.74 bits per heavy atom. The first kappa shape index (κ1) is 10.7. The van der Waals surface area contributed by atoms with E-state index in [0.717, 1.165) is 6.54 Å². The molecule has 3 heteroatoms. The summed E-state index contributed by atoms with van der Waals surface area (Å²) in [7, 11) is 0. The SMILES string of the molecule is Cc1ccc(N2C[C@@H]3[C@H]4C[C@H]5[C@H](O[C@@H]2[C@@H]35)[C@H]4O)cc1. The molecule has 7 atom stereocenters. The quantitative estimate of drug-likeness (QED) is 0.832. The molecule has 0 aromatic heterocycles. The second-order valence-corrected chi connectivity index (χ2v) is 6.77. The zero-order chi connectivity index (χ0) is 12.7. The normalized spacial score (nSPS) is 49.4. The lowest BCUT2D eigenvalue weighted by Crippen LogP contribution is -2.40. The number of ether oxygens (including phenoxy) is 1. The second-order valence-electron chi connectivity index (χ2n) is 6.77. The Bertz CT molecular complexity index is 528. The molecule has 2 saturated carbocycles. The maximum atomic E-state index is 10.3. The predicted octanol–water partition coefficient (Wildman–Crippen LogP) is 1.78. The van der Waals surface area contributed by atoms with Crippen molar-refractivity contribution in [1.82, 2.24) is 0 Å². The van der Waals surface area contributed by atoms with Crippen LogP contribution in [0.1, 0.15) is 12.0 Å². The molecule has 0 radical (unpaired) electrons. The molecule has 0 spiro atoms. The van der Waals surface area contributed by atoms with Crippen molar-refractivity contribution in [3.05, 3.63) is 29.8 Å². The van der Waals surface area contributed by atoms with Gasteiger partial charge in [-0.25, -0.2) is 0 Å². The van der Waals surface area contributed by atoms with Crippen LogP contribution in [-0.4, -0.2) is 30.1 Å². The summed E-state index contributed by atoms with van der Waals surface area (Å²) in [5, 5.41) is 10.3. The fourth-order valence-electron chi connectivity index (χ4n) is 5.21. The van der Waals surface area contributed by atoms with Gasteiger partial charge >= 0.3 is 0 Å². The van der Waals surface area contributed by atoms with Crippen LogP contribution in [-0.2, 0) is 4.74 Å². The molecule has 19 heavy (non-hydrogen) atoms. The summed E-state index contributed by atoms with van der Waals surface area (Å²) < 4.78 is 6.22. The summed E-state index contributed by atoms with van der Waals surface area (Å²) >= 11 is 0. The molecule has 1 aromatic rings. The number of anilines is 1. The van der Waals surface area contributed by atoms with E-state index in [2.05, 4.69) is 36.1 Å². The van der Waals surface area contributed by atoms with E-state index in [1.165, 1.54) is 17.7 Å². The maximum absolute atomic E-state index is 10.3. The monoisotopic (exact) mass is 257 g/mol. The molecule has 2 heterocycles. The predicted molar refractivity (Wildman–Crippen MR) is 71.8 cm³/mol. The van der Waals surface area contributed by atoms with Gasteiger partial charge < -0.3 is 14.7 Å². The smallest absolute Gasteiger partial charge is 0.134 e. The lowest BCUT2D eigenvalue weighted by molar-refractivity contribution is -0.0444. The van der Waals surface area contributed by atoms with Crippen molar-refractivity contribution >= 4 is 5.69 Å². The Kier molecular flexibility index (Phi) is 1.88. The third-order valence-electron chi connectivity index (χ3n) is 5.99. The first-order valence-electron chi connectivity index (χ1n) is 7.41. The van der Waals surface area contributed by atoms with Crippen molar-refractivity contribution in [3.63, 3.8) is 0 Å². The second kappa shape index (κ2) is 3.33. The summed E-state index contributed by atoms with van der Waals surface area (Å²) in [6, 6.07) is 8.75. The van der Waals surface area contributed by atoms with Crippen molar-refractivity contribution in [2.24, 2.45) is 23.7 Å². The van der Waals surface area contributed by atoms with Crippen LogP contribution in [0.5, 0.6) is 0 Å². The van der Waals surface area contributed by atoms with Crippen LogP contribution >= 0.6 is 0 Å². The van der Waals surface area contributed by atoms with Crippen molar-refractivity contribution in [3.8, 4) is 0 Å². The van der Waals surface area contributed by atoms with E-state index in [0.29, 0.717) is 23.7 Å². The van der Waals surface area contributed by atoms with Crippen molar-refractivity contribution in [1.29, 1.82) is 0 Å². The zero-order valence-electron chi connectivity index (χ0n) is 11.1. The number of hydrogen-bond donors (Lipinski definition) is 1. The van der Waals surface area contributed by atoms with Crippen LogP contribution in [0.25, 0.3) is 0 Å². The van der Waals surface area contributed by atoms with E-state index < -0.39 is 0 Å². The summed E-state index contributed by atoms with van der Waals surface area (Å²) in [6.07, 6.45) is 1.32. The molecule has 2 saturated heterocycles. The minimum Gasteiger partial charge on any atom is -0.390 e. The Labute approximate surface area is 113 Å². The molecule has 2 aliphatic heterocycles. The molecule has 0 amide bonds. The average Bonchev–Trinajstić information content (AvgIpc) is 3.07. The lowest BCUT2D eigenvalue weighted by atomic mass is 9.80. The first-order valence-corrected chi connectivity index (χ1v) is 7.41. The van der Waals surface area contributed by atoms with E-state index in [4.69, 9.17) is 4.74 Å². The van der Waals surface area contributed by atoms with Crippen LogP contribution in [0.4, 0.5) is 5.69 Å². The van der Waals surface area contributed by atoms with E-state index in [-0.39, 0.29) is 18.4 Å². The summed E-state index contributed by atoms with van der Waals surface area (Å²) in [5.74, 6) is 2.41. The standard InChI is InChI=1S/C16H19NO2/c1-8-2-4-9(5-3-8)17-7-12-10-6-11-13(12)16(17)19-15(11)14(10)18/h2-5,10-16,18H,6-7H2,1H3/t10-,11-,12-,13-,14+,15+,16-/m1/s1. The van der Waals surface area contributed by atoms with E-state index in [9.17, 15) is 5.11 Å². The highest BCUT2D eigenvalue weighted by molar-refractivity contribution is 5.50. The number of rotatable bonds is 1. The molecule has 5 rings (SSSR count). The minimum atomic E-state index is -0.198. The van der Waals surface area contributed by atoms with Crippen LogP contribution in [0.15, 0.2) is 24.3 Å². The van der Waals surface area contributed by atoms with Gasteiger partial charge in [0.2, 0.25) is 0 Å². The van der Waals surface area contributed by atoms with E-state index in [1.807, 2.05) is 0 Å². The fourth-order valence-corrected chi connectivity index (χ4v) is 5.21. The van der Waals surface area contributed by atoms with Crippen molar-refractivity contribution in [2.75, 3.05) is 11.4 Å². The summed E-state index contributed by atoms with van der Waals surface area (Å²) in [5.41, 5.74) is 2.58. The molecular formula is C16H19NO2. The van der Waals surface area contributed by atoms with Gasteiger partial charge in [0, 0.05) is 18.2 Å². The Morgan fingerprint density at radius 1 is 1.16 bits per heavy atom. The van der Waals surface area contributed by atoms with E-state index in [1.54, 1.807) is 0 Å². The Morgan fingerprint density at radius 2 is 1.95 bits per heavy atom. The summed E-state index contributed by atoms with van der Waals surface area (Å²) in [4.78, 5) is 2.43. The number of hydrogen-bond acceptors (Lipinski definition) is 3. The highest BCUT2D eigenvalue weighted by Crippen LogP contribution is 2.63. The van der Waals surface area contributed by atoms with Gasteiger partial charge in [-0.15, -0.1) is 0 Å². The zero-order valence-corrected chi connectivity index (χ0v) is 11.1. The molecule has 2 aliphatic carbocycles. The third-order valence-corrected chi connectivity index (χ3v) is 5.99. The largest absolute Gasteiger partial charge is 0.390 e. The van der Waals surface area contributed by atoms with Gasteiger partial charge in [-0.1, -0.05) is 17.7 Å². The fraction of sp³-hybridized carbons (Fsp3) is 0.625. The number of aliphatic hydroxyl groups is 1. The molecule has 4 fully saturated rings. The molecule has 100 valence electrons. The highest BCUT2D eigenvalue weighted by atomic mass is 16.5. The minimum absolute atomic E-state index is 0.115. The molecule has 3 nitrogen and oxygen atoms in total. The van der Waals surface area contributed by atoms with E-state index >= 15 is 0 Å². The average molecular weight is 257 g/mol. The molecular weight excluding hydrogens is 238 g/mol. The van der Waals surface area contributed by atoms with Crippen LogP contribution in [0.2, 0.25) is 0 Å². The number of aliphatic hydroxyl groups excluding tert-OH is 1. The number of benzene rings is 1. The van der Waals surface area contributed by atoms with Gasteiger partial charge in [-0.05, 0) is 43.2 Å². The van der Waals surface area contributed by atoms with Crippen molar-refractivity contribution in [2.45, 2.75) is 31.8 Å². The lowest BCUT2D eigenvalue weighted by Gasteiger charge is -2.31. The van der Waals surface area contributed by atoms with Gasteiger partial charge in [0.1, 0.15) is 6.23 Å². The van der Waals surface area contributed by atoms with Crippen LogP contribution in [0.3, 0.4) is 0 Å². The third kappa shape index (κ3) is 1.17. The number of nitrogens with zero attached hydrogens (tertiary/aromatic N) is 1. The van der Waals surface area contributed by atoms with Crippen LogP contribution in [0, 0.1) is 30.6 Å². The Hall–Kier alpha value is -1.06. The molecule has 1 aromatic carbocycles. The van der Waals surface area contributed by atoms with Gasteiger partial charge in [0.15, 0.2) is 0 Å². The van der Waals surface area contributed by atoms with Crippen molar-refractivity contribution < 1.29 is 9.84 Å². The molecule has 1 N–H and O–H groups in total. The molecule has 2 bridgehead atoms. The Balaban J connectivity index is 1.52. The molecule has 0 unspecified atom stereocenters. The van der Waals surface area contributed by atoms with Crippen LogP contribution < -0.4 is 4.90 Å². The van der Waals surface area contributed by atoms with Gasteiger partial charge in [0.05, 0.1) is 12.2 Å². The number of aryl methyl sites for hydroxylation is 1. The number of fused-ring (bicyclic) bond motifs is 2. The maximum Gasteiger partial charge on any atom is 0.134 e. The topological polar surface area (TPSA) is 32.7 Å². The highest BCUT2D eigenvalue weighted by Gasteiger charge is 2.69. The van der Waals surface area contributed by atoms with Gasteiger partial charge in [-0.3, -0.25) is 0 Å².